The van der Waals surface area contributed by atoms with Crippen molar-refractivity contribution < 1.29 is 23.1 Å². The van der Waals surface area contributed by atoms with Gasteiger partial charge >= 0.3 is 0 Å². The van der Waals surface area contributed by atoms with Crippen LogP contribution in [0.5, 0.6) is 5.75 Å². The van der Waals surface area contributed by atoms with Crippen molar-refractivity contribution in [2.75, 3.05) is 12.4 Å². The molecule has 0 bridgehead atoms. The van der Waals surface area contributed by atoms with Crippen LogP contribution in [0, 0.1) is 17.0 Å². The number of rotatable bonds is 7. The van der Waals surface area contributed by atoms with Crippen molar-refractivity contribution in [1.82, 2.24) is 5.32 Å². The third-order valence-corrected chi connectivity index (χ3v) is 8.40. The van der Waals surface area contributed by atoms with E-state index < -0.39 is 41.0 Å². The predicted octanol–water partition coefficient (Wildman–Crippen LogP) is 7.94. The van der Waals surface area contributed by atoms with Gasteiger partial charge in [-0.05, 0) is 66.3 Å². The summed E-state index contributed by atoms with van der Waals surface area (Å²) in [5.41, 5.74) is -0.0555. The van der Waals surface area contributed by atoms with Gasteiger partial charge in [-0.15, -0.1) is 0 Å². The lowest BCUT2D eigenvalue weighted by Crippen LogP contribution is -2.44. The molecule has 1 aliphatic heterocycles. The van der Waals surface area contributed by atoms with Crippen molar-refractivity contribution in [1.29, 1.82) is 0 Å². The first-order valence-electron chi connectivity index (χ1n) is 13.3. The first kappa shape index (κ1) is 30.9. The molecule has 0 spiro atoms. The van der Waals surface area contributed by atoms with E-state index in [-0.39, 0.29) is 26.8 Å². The highest BCUT2D eigenvalue weighted by atomic mass is 35.5. The summed E-state index contributed by atoms with van der Waals surface area (Å²) in [4.78, 5) is 26.0. The van der Waals surface area contributed by atoms with Gasteiger partial charge in [-0.25, -0.2) is 8.78 Å². The minimum absolute atomic E-state index is 0.0960. The number of benzene rings is 3. The van der Waals surface area contributed by atoms with Gasteiger partial charge < -0.3 is 15.4 Å². The van der Waals surface area contributed by atoms with Crippen LogP contribution in [0.25, 0.3) is 0 Å². The van der Waals surface area contributed by atoms with Crippen LogP contribution in [0.3, 0.4) is 0 Å². The monoisotopic (exact) mass is 602 g/mol. The molecular weight excluding hydrogens is 569 g/mol. The van der Waals surface area contributed by atoms with Crippen molar-refractivity contribution in [3.05, 3.63) is 93.0 Å². The second-order valence-electron chi connectivity index (χ2n) is 11.9. The summed E-state index contributed by atoms with van der Waals surface area (Å²) in [5, 5.41) is 6.47. The maximum absolute atomic E-state index is 15.8. The first-order chi connectivity index (χ1) is 19.2. The highest BCUT2D eigenvalue weighted by Gasteiger charge is 2.57. The zero-order valence-electron chi connectivity index (χ0n) is 23.9. The van der Waals surface area contributed by atoms with Gasteiger partial charge in [0.15, 0.2) is 5.78 Å². The van der Waals surface area contributed by atoms with Gasteiger partial charge in [-0.2, -0.15) is 0 Å². The van der Waals surface area contributed by atoms with E-state index in [4.69, 9.17) is 27.9 Å². The molecule has 0 unspecified atom stereocenters. The number of carbonyl (C=O) groups is 2. The second-order valence-corrected chi connectivity index (χ2v) is 12.8. The van der Waals surface area contributed by atoms with Crippen molar-refractivity contribution >= 4 is 40.6 Å². The van der Waals surface area contributed by atoms with Crippen molar-refractivity contribution in [2.24, 2.45) is 5.41 Å². The number of ketones is 1. The van der Waals surface area contributed by atoms with E-state index in [0.29, 0.717) is 29.0 Å². The lowest BCUT2D eigenvalue weighted by Gasteiger charge is -2.40. The number of hydrogen-bond donors (Lipinski definition) is 2. The van der Waals surface area contributed by atoms with Crippen molar-refractivity contribution in [3.8, 4) is 5.75 Å². The number of ether oxygens (including phenoxy) is 1. The minimum Gasteiger partial charge on any atom is -0.495 e. The molecule has 5 nitrogen and oxygen atoms in total. The average Bonchev–Trinajstić information content (AvgIpc) is 3.16. The van der Waals surface area contributed by atoms with Gasteiger partial charge in [0, 0.05) is 28.0 Å². The van der Waals surface area contributed by atoms with E-state index in [2.05, 4.69) is 31.4 Å². The van der Waals surface area contributed by atoms with Crippen LogP contribution in [-0.4, -0.2) is 30.9 Å². The number of nitrogens with one attached hydrogen (secondary N) is 2. The molecule has 1 fully saturated rings. The average molecular weight is 604 g/mol. The number of amides is 1. The minimum atomic E-state index is -1.10. The summed E-state index contributed by atoms with van der Waals surface area (Å²) < 4.78 is 37.0. The molecule has 3 aromatic rings. The standard InChI is InChI=1S/C32H34Cl2F2N2O3/c1-17(39)18-10-13-24(25(14-18)41-6)37-30(40)29-27(20-8-7-9-22(34)28(20)36)32(5,26(38-29)16-31(2,3)4)21-12-11-19(33)15-23(21)35/h7-15,26-27,29,38H,16H2,1-6H3,(H,37,40)/t26-,27-,29+,32-/m0/s1. The summed E-state index contributed by atoms with van der Waals surface area (Å²) >= 11 is 12.3. The molecule has 1 amide bonds. The third kappa shape index (κ3) is 6.13. The molecule has 41 heavy (non-hydrogen) atoms. The number of halogens is 4. The summed E-state index contributed by atoms with van der Waals surface area (Å²) in [5.74, 6) is -2.41. The summed E-state index contributed by atoms with van der Waals surface area (Å²) in [6, 6.07) is 12.4. The fourth-order valence-corrected chi connectivity index (χ4v) is 6.27. The smallest absolute Gasteiger partial charge is 0.242 e. The van der Waals surface area contributed by atoms with Gasteiger partial charge in [0.2, 0.25) is 5.91 Å². The van der Waals surface area contributed by atoms with Gasteiger partial charge in [0.25, 0.3) is 0 Å². The van der Waals surface area contributed by atoms with Crippen molar-refractivity contribution in [2.45, 2.75) is 64.5 Å². The molecule has 4 rings (SSSR count). The Kier molecular flexibility index (Phi) is 8.84. The molecule has 1 heterocycles. The SMILES string of the molecule is COc1cc(C(C)=O)ccc1NC(=O)[C@@H]1N[C@@H](CC(C)(C)C)[C@](C)(c2ccc(Cl)cc2F)[C@H]1c1cccc(Cl)c1F. The maximum Gasteiger partial charge on any atom is 0.242 e. The molecule has 3 aromatic carbocycles. The molecule has 1 aliphatic rings. The molecule has 0 aromatic heterocycles. The van der Waals surface area contributed by atoms with E-state index in [0.717, 1.165) is 0 Å². The molecular formula is C32H34Cl2F2N2O3. The molecule has 0 aliphatic carbocycles. The van der Waals surface area contributed by atoms with Gasteiger partial charge in [0.05, 0.1) is 23.9 Å². The van der Waals surface area contributed by atoms with Crippen molar-refractivity contribution in [3.63, 3.8) is 0 Å². The topological polar surface area (TPSA) is 67.4 Å². The number of methoxy groups -OCH3 is 1. The normalized spacial score (nSPS) is 22.4. The Morgan fingerprint density at radius 2 is 1.78 bits per heavy atom. The van der Waals surface area contributed by atoms with E-state index in [1.165, 1.54) is 26.2 Å². The second kappa shape index (κ2) is 11.7. The van der Waals surface area contributed by atoms with E-state index in [1.807, 2.05) is 6.92 Å². The van der Waals surface area contributed by atoms with E-state index in [9.17, 15) is 9.59 Å². The van der Waals surface area contributed by atoms with Crippen LogP contribution in [0.1, 0.15) is 68.4 Å². The lowest BCUT2D eigenvalue weighted by molar-refractivity contribution is -0.118. The van der Waals surface area contributed by atoms with Gasteiger partial charge in [-0.1, -0.05) is 69.1 Å². The highest BCUT2D eigenvalue weighted by Crippen LogP contribution is 2.53. The quantitative estimate of drug-likeness (QED) is 0.269. The molecule has 218 valence electrons. The van der Waals surface area contributed by atoms with Crippen LogP contribution in [0.15, 0.2) is 54.6 Å². The zero-order valence-corrected chi connectivity index (χ0v) is 25.4. The lowest BCUT2D eigenvalue weighted by atomic mass is 9.63. The maximum atomic E-state index is 15.8. The number of hydrogen-bond acceptors (Lipinski definition) is 4. The predicted molar refractivity (Wildman–Crippen MR) is 159 cm³/mol. The fraction of sp³-hybridized carbons (Fsp3) is 0.375. The van der Waals surface area contributed by atoms with Crippen LogP contribution in [0.4, 0.5) is 14.5 Å². The number of carbonyl (C=O) groups excluding carboxylic acids is 2. The van der Waals surface area contributed by atoms with Crippen LogP contribution in [-0.2, 0) is 10.2 Å². The van der Waals surface area contributed by atoms with Gasteiger partial charge in [-0.3, -0.25) is 9.59 Å². The molecule has 9 heteroatoms. The number of anilines is 1. The van der Waals surface area contributed by atoms with Crippen LogP contribution < -0.4 is 15.4 Å². The Morgan fingerprint density at radius 3 is 2.39 bits per heavy atom. The van der Waals surface area contributed by atoms with Crippen LogP contribution >= 0.6 is 23.2 Å². The molecule has 1 saturated heterocycles. The third-order valence-electron chi connectivity index (χ3n) is 7.88. The van der Waals surface area contributed by atoms with E-state index >= 15 is 8.78 Å². The van der Waals surface area contributed by atoms with Gasteiger partial charge in [0.1, 0.15) is 17.4 Å². The largest absolute Gasteiger partial charge is 0.495 e. The highest BCUT2D eigenvalue weighted by molar-refractivity contribution is 6.31. The number of Topliss-reactive ketones (excluding diaryl/α,β-unsaturated/α-hetero) is 1. The van der Waals surface area contributed by atoms with E-state index in [1.54, 1.807) is 42.5 Å². The summed E-state index contributed by atoms with van der Waals surface area (Å²) in [7, 11) is 1.44. The fourth-order valence-electron chi connectivity index (χ4n) is 5.93. The Balaban J connectivity index is 1.90. The molecule has 0 radical (unpaired) electrons. The summed E-state index contributed by atoms with van der Waals surface area (Å²) in [6.45, 7) is 9.44. The first-order valence-corrected chi connectivity index (χ1v) is 14.1. The Labute approximate surface area is 249 Å². The molecule has 2 N–H and O–H groups in total. The Bertz CT molecular complexity index is 1490. The Hall–Kier alpha value is -3.00. The Morgan fingerprint density at radius 1 is 1.07 bits per heavy atom. The molecule has 0 saturated carbocycles. The van der Waals surface area contributed by atoms with Crippen LogP contribution in [0.2, 0.25) is 10.0 Å². The molecule has 4 atom stereocenters. The summed E-state index contributed by atoms with van der Waals surface area (Å²) in [6.07, 6.45) is 0.546. The zero-order chi connectivity index (χ0) is 30.3.